The minimum Gasteiger partial charge on any atom is -0.497 e. The summed E-state index contributed by atoms with van der Waals surface area (Å²) in [5.41, 5.74) is 5.61. The molecule has 0 aliphatic heterocycles. The first-order valence-corrected chi connectivity index (χ1v) is 5.88. The third kappa shape index (κ3) is 4.55. The molecule has 0 aliphatic carbocycles. The lowest BCUT2D eigenvalue weighted by atomic mass is 10.3. The third-order valence-corrected chi connectivity index (χ3v) is 3.06. The number of hydrogen-bond donors (Lipinski definition) is 2. The van der Waals surface area contributed by atoms with Crippen molar-refractivity contribution in [3.63, 3.8) is 0 Å². The van der Waals surface area contributed by atoms with Crippen LogP contribution in [-0.4, -0.2) is 30.6 Å². The molecule has 0 spiro atoms. The van der Waals surface area contributed by atoms with Gasteiger partial charge in [-0.25, -0.2) is 0 Å². The zero-order valence-corrected chi connectivity index (χ0v) is 9.67. The second kappa shape index (κ2) is 6.71. The summed E-state index contributed by atoms with van der Waals surface area (Å²) < 4.78 is 5.13. The lowest BCUT2D eigenvalue weighted by Crippen LogP contribution is -2.24. The molecule has 1 aromatic carbocycles. The average Bonchev–Trinajstić information content (AvgIpc) is 2.29. The summed E-state index contributed by atoms with van der Waals surface area (Å²) in [6, 6.07) is 7.81. The summed E-state index contributed by atoms with van der Waals surface area (Å²) in [5.74, 6) is 1.78. The molecular weight excluding hydrogens is 210 g/mol. The number of benzene rings is 1. The van der Waals surface area contributed by atoms with E-state index in [4.69, 9.17) is 15.6 Å². The van der Waals surface area contributed by atoms with E-state index in [-0.39, 0.29) is 12.6 Å². The van der Waals surface area contributed by atoms with E-state index in [9.17, 15) is 0 Å². The van der Waals surface area contributed by atoms with Crippen LogP contribution in [0.25, 0.3) is 0 Å². The summed E-state index contributed by atoms with van der Waals surface area (Å²) >= 11 is 1.72. The van der Waals surface area contributed by atoms with Crippen molar-refractivity contribution in [1.29, 1.82) is 0 Å². The van der Waals surface area contributed by atoms with Gasteiger partial charge in [-0.15, -0.1) is 11.8 Å². The highest BCUT2D eigenvalue weighted by Gasteiger charge is 2.01. The molecule has 1 unspecified atom stereocenters. The van der Waals surface area contributed by atoms with E-state index in [0.29, 0.717) is 0 Å². The number of aliphatic hydroxyl groups excluding tert-OH is 1. The number of thioether (sulfide) groups is 1. The second-order valence-corrected chi connectivity index (χ2v) is 4.43. The Bertz CT molecular complexity index is 294. The van der Waals surface area contributed by atoms with Crippen LogP contribution in [0.5, 0.6) is 5.75 Å². The van der Waals surface area contributed by atoms with Gasteiger partial charge in [-0.3, -0.25) is 0 Å². The van der Waals surface area contributed by atoms with Crippen molar-refractivity contribution in [2.75, 3.05) is 19.5 Å². The van der Waals surface area contributed by atoms with E-state index in [1.807, 2.05) is 24.3 Å². The molecule has 0 saturated heterocycles. The molecular formula is C11H17NO2S. The van der Waals surface area contributed by atoms with Gasteiger partial charge in [-0.2, -0.15) is 0 Å². The monoisotopic (exact) mass is 227 g/mol. The summed E-state index contributed by atoms with van der Waals surface area (Å²) in [7, 11) is 1.66. The van der Waals surface area contributed by atoms with Crippen molar-refractivity contribution in [2.24, 2.45) is 5.73 Å². The Labute approximate surface area is 94.6 Å². The Hall–Kier alpha value is -0.710. The standard InChI is InChI=1S/C11H17NO2S/c1-14-10-3-2-4-11(7-10)15-6-5-9(12)8-13/h2-4,7,9,13H,5-6,8,12H2,1H3. The molecule has 0 saturated carbocycles. The Balaban J connectivity index is 2.37. The van der Waals surface area contributed by atoms with Gasteiger partial charge in [0.25, 0.3) is 0 Å². The maximum atomic E-state index is 8.76. The van der Waals surface area contributed by atoms with E-state index in [1.165, 1.54) is 4.90 Å². The summed E-state index contributed by atoms with van der Waals surface area (Å²) in [6.07, 6.45) is 0.818. The topological polar surface area (TPSA) is 55.5 Å². The molecule has 1 aromatic rings. The molecule has 0 radical (unpaired) electrons. The number of hydrogen-bond acceptors (Lipinski definition) is 4. The predicted molar refractivity (Wildman–Crippen MR) is 63.4 cm³/mol. The highest BCUT2D eigenvalue weighted by Crippen LogP contribution is 2.23. The molecule has 0 heterocycles. The molecule has 3 N–H and O–H groups in total. The van der Waals surface area contributed by atoms with Crippen LogP contribution in [0.1, 0.15) is 6.42 Å². The van der Waals surface area contributed by atoms with E-state index in [2.05, 4.69) is 0 Å². The van der Waals surface area contributed by atoms with Crippen molar-refractivity contribution < 1.29 is 9.84 Å². The lowest BCUT2D eigenvalue weighted by molar-refractivity contribution is 0.264. The van der Waals surface area contributed by atoms with E-state index < -0.39 is 0 Å². The quantitative estimate of drug-likeness (QED) is 0.723. The molecule has 0 aliphatic rings. The van der Waals surface area contributed by atoms with Gasteiger partial charge >= 0.3 is 0 Å². The van der Waals surface area contributed by atoms with Gasteiger partial charge in [0.2, 0.25) is 0 Å². The van der Waals surface area contributed by atoms with Crippen LogP contribution in [0.4, 0.5) is 0 Å². The van der Waals surface area contributed by atoms with Crippen LogP contribution >= 0.6 is 11.8 Å². The summed E-state index contributed by atoms with van der Waals surface area (Å²) in [4.78, 5) is 1.17. The fourth-order valence-corrected chi connectivity index (χ4v) is 2.14. The molecule has 3 nitrogen and oxygen atoms in total. The first kappa shape index (κ1) is 12.4. The van der Waals surface area contributed by atoms with Crippen molar-refractivity contribution in [2.45, 2.75) is 17.4 Å². The summed E-state index contributed by atoms with van der Waals surface area (Å²) in [5, 5.41) is 8.76. The molecule has 84 valence electrons. The number of aliphatic hydroxyl groups is 1. The van der Waals surface area contributed by atoms with Gasteiger partial charge in [0, 0.05) is 10.9 Å². The van der Waals surface area contributed by atoms with Gasteiger partial charge in [-0.05, 0) is 30.4 Å². The molecule has 0 aromatic heterocycles. The summed E-state index contributed by atoms with van der Waals surface area (Å²) in [6.45, 7) is 0.0542. The van der Waals surface area contributed by atoms with Crippen molar-refractivity contribution in [1.82, 2.24) is 0 Å². The van der Waals surface area contributed by atoms with Crippen LogP contribution in [0.2, 0.25) is 0 Å². The van der Waals surface area contributed by atoms with Crippen molar-refractivity contribution in [3.05, 3.63) is 24.3 Å². The first-order chi connectivity index (χ1) is 7.26. The predicted octanol–water partition coefficient (Wildman–Crippen LogP) is 1.50. The van der Waals surface area contributed by atoms with Crippen LogP contribution in [0.3, 0.4) is 0 Å². The van der Waals surface area contributed by atoms with Crippen LogP contribution in [0, 0.1) is 0 Å². The molecule has 0 bridgehead atoms. The van der Waals surface area contributed by atoms with Gasteiger partial charge in [-0.1, -0.05) is 6.07 Å². The number of rotatable bonds is 6. The third-order valence-electron chi connectivity index (χ3n) is 2.03. The minimum absolute atomic E-state index is 0.0542. The maximum absolute atomic E-state index is 8.76. The normalized spacial score (nSPS) is 12.5. The lowest BCUT2D eigenvalue weighted by Gasteiger charge is -2.07. The molecule has 0 fully saturated rings. The SMILES string of the molecule is COc1cccc(SCCC(N)CO)c1. The van der Waals surface area contributed by atoms with Crippen LogP contribution in [-0.2, 0) is 0 Å². The van der Waals surface area contributed by atoms with Crippen LogP contribution < -0.4 is 10.5 Å². The Kier molecular flexibility index (Phi) is 5.53. The Morgan fingerprint density at radius 1 is 1.53 bits per heavy atom. The van der Waals surface area contributed by atoms with Gasteiger partial charge in [0.1, 0.15) is 5.75 Å². The first-order valence-electron chi connectivity index (χ1n) is 4.89. The Morgan fingerprint density at radius 3 is 3.00 bits per heavy atom. The van der Waals surface area contributed by atoms with Gasteiger partial charge in [0.15, 0.2) is 0 Å². The van der Waals surface area contributed by atoms with Gasteiger partial charge in [0.05, 0.1) is 13.7 Å². The van der Waals surface area contributed by atoms with E-state index in [0.717, 1.165) is 17.9 Å². The number of nitrogens with two attached hydrogens (primary N) is 1. The largest absolute Gasteiger partial charge is 0.497 e. The fourth-order valence-electron chi connectivity index (χ4n) is 1.11. The average molecular weight is 227 g/mol. The fraction of sp³-hybridized carbons (Fsp3) is 0.455. The number of methoxy groups -OCH3 is 1. The van der Waals surface area contributed by atoms with E-state index >= 15 is 0 Å². The molecule has 1 rings (SSSR count). The second-order valence-electron chi connectivity index (χ2n) is 3.26. The minimum atomic E-state index is -0.108. The molecule has 0 amide bonds. The molecule has 15 heavy (non-hydrogen) atoms. The molecule has 4 heteroatoms. The zero-order valence-electron chi connectivity index (χ0n) is 8.85. The van der Waals surface area contributed by atoms with E-state index in [1.54, 1.807) is 18.9 Å². The zero-order chi connectivity index (χ0) is 11.1. The van der Waals surface area contributed by atoms with Gasteiger partial charge < -0.3 is 15.6 Å². The van der Waals surface area contributed by atoms with Crippen molar-refractivity contribution >= 4 is 11.8 Å². The molecule has 1 atom stereocenters. The highest BCUT2D eigenvalue weighted by atomic mass is 32.2. The smallest absolute Gasteiger partial charge is 0.119 e. The highest BCUT2D eigenvalue weighted by molar-refractivity contribution is 7.99. The van der Waals surface area contributed by atoms with Crippen molar-refractivity contribution in [3.8, 4) is 5.75 Å². The maximum Gasteiger partial charge on any atom is 0.119 e. The number of ether oxygens (including phenoxy) is 1. The Morgan fingerprint density at radius 2 is 2.33 bits per heavy atom. The van der Waals surface area contributed by atoms with Crippen LogP contribution in [0.15, 0.2) is 29.2 Å².